The van der Waals surface area contributed by atoms with Crippen molar-refractivity contribution in [2.45, 2.75) is 20.8 Å². The lowest BCUT2D eigenvalue weighted by Crippen LogP contribution is -2.24. The minimum Gasteiger partial charge on any atom is -0.316 e. The SMILES string of the molecule is Cc1ccccc1NC(=O)NN=Cc1cc(C)n(-c2ccccc2Cl)c1C. The number of hydrogen-bond donors (Lipinski definition) is 2. The molecule has 0 fully saturated rings. The molecule has 0 bridgehead atoms. The Morgan fingerprint density at radius 2 is 1.78 bits per heavy atom. The van der Waals surface area contributed by atoms with E-state index in [0.29, 0.717) is 5.02 Å². The predicted octanol–water partition coefficient (Wildman–Crippen LogP) is 5.21. The number of halogens is 1. The molecule has 3 rings (SSSR count). The van der Waals surface area contributed by atoms with Crippen LogP contribution in [0.5, 0.6) is 0 Å². The molecule has 0 atom stereocenters. The summed E-state index contributed by atoms with van der Waals surface area (Å²) in [4.78, 5) is 12.0. The Morgan fingerprint density at radius 1 is 1.07 bits per heavy atom. The number of hydrogen-bond acceptors (Lipinski definition) is 2. The fourth-order valence-electron chi connectivity index (χ4n) is 2.95. The zero-order valence-electron chi connectivity index (χ0n) is 15.5. The van der Waals surface area contributed by atoms with Crippen LogP contribution in [0, 0.1) is 20.8 Å². The number of aryl methyl sites for hydroxylation is 2. The molecule has 0 radical (unpaired) electrons. The van der Waals surface area contributed by atoms with Gasteiger partial charge in [-0.1, -0.05) is 41.9 Å². The van der Waals surface area contributed by atoms with Gasteiger partial charge in [0.25, 0.3) is 0 Å². The number of hydrazone groups is 1. The first kappa shape index (κ1) is 18.7. The zero-order chi connectivity index (χ0) is 19.4. The number of anilines is 1. The van der Waals surface area contributed by atoms with Crippen molar-refractivity contribution >= 4 is 29.5 Å². The lowest BCUT2D eigenvalue weighted by atomic mass is 10.2. The van der Waals surface area contributed by atoms with E-state index in [1.807, 2.05) is 75.4 Å². The van der Waals surface area contributed by atoms with Crippen LogP contribution in [0.15, 0.2) is 59.7 Å². The summed E-state index contributed by atoms with van der Waals surface area (Å²) in [6.45, 7) is 5.93. The van der Waals surface area contributed by atoms with E-state index in [-0.39, 0.29) is 6.03 Å². The molecular weight excluding hydrogens is 360 g/mol. The summed E-state index contributed by atoms with van der Waals surface area (Å²) in [7, 11) is 0. The molecule has 6 heteroatoms. The van der Waals surface area contributed by atoms with Gasteiger partial charge in [0.1, 0.15) is 0 Å². The van der Waals surface area contributed by atoms with E-state index in [2.05, 4.69) is 20.4 Å². The number of nitrogens with zero attached hydrogens (tertiary/aromatic N) is 2. The maximum atomic E-state index is 12.0. The highest BCUT2D eigenvalue weighted by Gasteiger charge is 2.11. The molecular formula is C21H21ClN4O. The monoisotopic (exact) mass is 380 g/mol. The van der Waals surface area contributed by atoms with Crippen molar-refractivity contribution in [1.82, 2.24) is 9.99 Å². The van der Waals surface area contributed by atoms with E-state index in [1.165, 1.54) is 0 Å². The third-order valence-corrected chi connectivity index (χ3v) is 4.65. The molecule has 2 amide bonds. The molecule has 3 aromatic rings. The van der Waals surface area contributed by atoms with Crippen LogP contribution in [0.2, 0.25) is 5.02 Å². The molecule has 0 aliphatic carbocycles. The van der Waals surface area contributed by atoms with Crippen molar-refractivity contribution in [1.29, 1.82) is 0 Å². The highest BCUT2D eigenvalue weighted by molar-refractivity contribution is 6.32. The summed E-state index contributed by atoms with van der Waals surface area (Å²) in [5.74, 6) is 0. The minimum atomic E-state index is -0.388. The molecule has 5 nitrogen and oxygen atoms in total. The molecule has 0 saturated carbocycles. The van der Waals surface area contributed by atoms with Crippen molar-refractivity contribution in [3.8, 4) is 5.69 Å². The first-order chi connectivity index (χ1) is 13.0. The lowest BCUT2D eigenvalue weighted by molar-refractivity contribution is 0.252. The van der Waals surface area contributed by atoms with Gasteiger partial charge in [-0.3, -0.25) is 0 Å². The van der Waals surface area contributed by atoms with Crippen LogP contribution in [0.1, 0.15) is 22.5 Å². The lowest BCUT2D eigenvalue weighted by Gasteiger charge is -2.11. The maximum Gasteiger partial charge on any atom is 0.339 e. The molecule has 0 aliphatic rings. The van der Waals surface area contributed by atoms with Gasteiger partial charge in [0.05, 0.1) is 16.9 Å². The van der Waals surface area contributed by atoms with E-state index in [0.717, 1.165) is 33.9 Å². The summed E-state index contributed by atoms with van der Waals surface area (Å²) in [6.07, 6.45) is 1.63. The number of carbonyl (C=O) groups is 1. The van der Waals surface area contributed by atoms with Gasteiger partial charge in [-0.15, -0.1) is 0 Å². The third-order valence-electron chi connectivity index (χ3n) is 4.33. The van der Waals surface area contributed by atoms with Gasteiger partial charge in [0, 0.05) is 22.6 Å². The van der Waals surface area contributed by atoms with Crippen LogP contribution in [0.25, 0.3) is 5.69 Å². The van der Waals surface area contributed by atoms with Gasteiger partial charge in [0.15, 0.2) is 0 Å². The van der Waals surface area contributed by atoms with E-state index in [4.69, 9.17) is 11.6 Å². The number of nitrogens with one attached hydrogen (secondary N) is 2. The Labute approximate surface area is 163 Å². The average molecular weight is 381 g/mol. The second-order valence-electron chi connectivity index (χ2n) is 6.25. The van der Waals surface area contributed by atoms with E-state index in [1.54, 1.807) is 6.21 Å². The summed E-state index contributed by atoms with van der Waals surface area (Å²) in [5, 5.41) is 7.52. The molecule has 1 aromatic heterocycles. The van der Waals surface area contributed by atoms with E-state index in [9.17, 15) is 4.79 Å². The Hall–Kier alpha value is -3.05. The van der Waals surface area contributed by atoms with Crippen molar-refractivity contribution in [3.63, 3.8) is 0 Å². The fourth-order valence-corrected chi connectivity index (χ4v) is 3.17. The third kappa shape index (κ3) is 4.20. The fraction of sp³-hybridized carbons (Fsp3) is 0.143. The molecule has 2 N–H and O–H groups in total. The molecule has 0 saturated heterocycles. The number of para-hydroxylation sites is 2. The molecule has 27 heavy (non-hydrogen) atoms. The number of amides is 2. The molecule has 2 aromatic carbocycles. The van der Waals surface area contributed by atoms with E-state index >= 15 is 0 Å². The second-order valence-corrected chi connectivity index (χ2v) is 6.66. The molecule has 138 valence electrons. The predicted molar refractivity (Wildman–Crippen MR) is 111 cm³/mol. The number of carbonyl (C=O) groups excluding carboxylic acids is 1. The number of rotatable bonds is 4. The number of urea groups is 1. The van der Waals surface area contributed by atoms with Crippen molar-refractivity contribution in [3.05, 3.63) is 82.1 Å². The quantitative estimate of drug-likeness (QED) is 0.473. The Kier molecular flexibility index (Phi) is 5.62. The largest absolute Gasteiger partial charge is 0.339 e. The molecule has 0 unspecified atom stereocenters. The average Bonchev–Trinajstić information content (AvgIpc) is 2.91. The van der Waals surface area contributed by atoms with Crippen LogP contribution >= 0.6 is 11.6 Å². The first-order valence-electron chi connectivity index (χ1n) is 8.57. The van der Waals surface area contributed by atoms with Crippen LogP contribution < -0.4 is 10.7 Å². The van der Waals surface area contributed by atoms with Crippen LogP contribution in [-0.2, 0) is 0 Å². The standard InChI is InChI=1S/C21H21ClN4O/c1-14-8-4-6-10-19(14)24-21(27)25-23-13-17-12-15(2)26(16(17)3)20-11-7-5-9-18(20)22/h4-13H,1-3H3,(H2,24,25,27). The van der Waals surface area contributed by atoms with Crippen molar-refractivity contribution in [2.75, 3.05) is 5.32 Å². The molecule has 0 aliphatic heterocycles. The van der Waals surface area contributed by atoms with Crippen molar-refractivity contribution < 1.29 is 4.79 Å². The Balaban J connectivity index is 1.73. The normalized spacial score (nSPS) is 11.0. The van der Waals surface area contributed by atoms with Crippen LogP contribution in [0.4, 0.5) is 10.5 Å². The molecule has 1 heterocycles. The van der Waals surface area contributed by atoms with E-state index < -0.39 is 0 Å². The number of benzene rings is 2. The van der Waals surface area contributed by atoms with Gasteiger partial charge in [0.2, 0.25) is 0 Å². The smallest absolute Gasteiger partial charge is 0.316 e. The zero-order valence-corrected chi connectivity index (χ0v) is 16.2. The van der Waals surface area contributed by atoms with Crippen LogP contribution in [0.3, 0.4) is 0 Å². The Morgan fingerprint density at radius 3 is 2.52 bits per heavy atom. The van der Waals surface area contributed by atoms with Gasteiger partial charge < -0.3 is 9.88 Å². The summed E-state index contributed by atoms with van der Waals surface area (Å²) in [6, 6.07) is 16.9. The van der Waals surface area contributed by atoms with Gasteiger partial charge in [-0.2, -0.15) is 5.10 Å². The second kappa shape index (κ2) is 8.10. The highest BCUT2D eigenvalue weighted by atomic mass is 35.5. The minimum absolute atomic E-state index is 0.388. The van der Waals surface area contributed by atoms with Gasteiger partial charge in [-0.25, -0.2) is 10.2 Å². The molecule has 0 spiro atoms. The highest BCUT2D eigenvalue weighted by Crippen LogP contribution is 2.25. The van der Waals surface area contributed by atoms with Crippen LogP contribution in [-0.4, -0.2) is 16.8 Å². The first-order valence-corrected chi connectivity index (χ1v) is 8.94. The van der Waals surface area contributed by atoms with Gasteiger partial charge in [-0.05, 0) is 50.6 Å². The van der Waals surface area contributed by atoms with Crippen molar-refractivity contribution in [2.24, 2.45) is 5.10 Å². The number of aromatic nitrogens is 1. The summed E-state index contributed by atoms with van der Waals surface area (Å²) in [5.41, 5.74) is 8.08. The topological polar surface area (TPSA) is 58.4 Å². The Bertz CT molecular complexity index is 1010. The maximum absolute atomic E-state index is 12.0. The summed E-state index contributed by atoms with van der Waals surface area (Å²) >= 11 is 6.33. The summed E-state index contributed by atoms with van der Waals surface area (Å²) < 4.78 is 2.07. The van der Waals surface area contributed by atoms with Gasteiger partial charge >= 0.3 is 6.03 Å².